The second kappa shape index (κ2) is 11.6. The van der Waals surface area contributed by atoms with E-state index in [1.165, 1.54) is 16.4 Å². The summed E-state index contributed by atoms with van der Waals surface area (Å²) in [7, 11) is -1.96. The zero-order valence-electron chi connectivity index (χ0n) is 19.1. The van der Waals surface area contributed by atoms with E-state index in [-0.39, 0.29) is 29.8 Å². The maximum absolute atomic E-state index is 12.5. The van der Waals surface area contributed by atoms with Gasteiger partial charge in [0.2, 0.25) is 21.8 Å². The van der Waals surface area contributed by atoms with Crippen LogP contribution in [-0.4, -0.2) is 51.2 Å². The van der Waals surface area contributed by atoms with Gasteiger partial charge in [0.25, 0.3) is 0 Å². The van der Waals surface area contributed by atoms with Crippen LogP contribution in [0.4, 0.5) is 11.4 Å². The van der Waals surface area contributed by atoms with Gasteiger partial charge >= 0.3 is 0 Å². The number of carbonyl (C=O) groups excluding carboxylic acids is 2. The highest BCUT2D eigenvalue weighted by Gasteiger charge is 2.19. The Hall–Kier alpha value is -2.91. The van der Waals surface area contributed by atoms with Crippen molar-refractivity contribution in [3.05, 3.63) is 53.6 Å². The summed E-state index contributed by atoms with van der Waals surface area (Å²) < 4.78 is 26.4. The highest BCUT2D eigenvalue weighted by molar-refractivity contribution is 7.89. The van der Waals surface area contributed by atoms with Gasteiger partial charge in [-0.1, -0.05) is 25.5 Å². The highest BCUT2D eigenvalue weighted by Crippen LogP contribution is 2.18. The van der Waals surface area contributed by atoms with Crippen LogP contribution in [0.5, 0.6) is 0 Å². The number of hydrogen-bond donors (Lipinski definition) is 3. The molecule has 0 aliphatic carbocycles. The maximum atomic E-state index is 12.5. The molecule has 9 heteroatoms. The van der Waals surface area contributed by atoms with Crippen molar-refractivity contribution in [3.8, 4) is 0 Å². The highest BCUT2D eigenvalue weighted by atomic mass is 32.2. The molecule has 0 spiro atoms. The Morgan fingerprint density at radius 3 is 2.31 bits per heavy atom. The molecule has 32 heavy (non-hydrogen) atoms. The smallest absolute Gasteiger partial charge is 0.243 e. The molecule has 2 aromatic rings. The molecular formula is C23H32N4O4S. The maximum Gasteiger partial charge on any atom is 0.243 e. The summed E-state index contributed by atoms with van der Waals surface area (Å²) >= 11 is 0. The van der Waals surface area contributed by atoms with Crippen LogP contribution >= 0.6 is 0 Å². The minimum absolute atomic E-state index is 0.0424. The van der Waals surface area contributed by atoms with E-state index in [1.807, 2.05) is 39.0 Å². The monoisotopic (exact) mass is 460 g/mol. The van der Waals surface area contributed by atoms with Gasteiger partial charge < -0.3 is 16.0 Å². The zero-order chi connectivity index (χ0) is 23.7. The van der Waals surface area contributed by atoms with Gasteiger partial charge in [0, 0.05) is 25.0 Å². The fourth-order valence-corrected chi connectivity index (χ4v) is 4.14. The number of rotatable bonds is 11. The van der Waals surface area contributed by atoms with Crippen LogP contribution in [0, 0.1) is 13.8 Å². The van der Waals surface area contributed by atoms with Gasteiger partial charge in [-0.15, -0.1) is 0 Å². The van der Waals surface area contributed by atoms with E-state index in [0.717, 1.165) is 29.7 Å². The Morgan fingerprint density at radius 2 is 1.66 bits per heavy atom. The lowest BCUT2D eigenvalue weighted by Gasteiger charge is -2.17. The topological polar surface area (TPSA) is 108 Å². The number of nitrogens with one attached hydrogen (secondary N) is 3. The lowest BCUT2D eigenvalue weighted by Crippen LogP contribution is -2.36. The quantitative estimate of drug-likeness (QED) is 0.478. The number of benzene rings is 2. The lowest BCUT2D eigenvalue weighted by molar-refractivity contribution is -0.122. The largest absolute Gasteiger partial charge is 0.376 e. The van der Waals surface area contributed by atoms with E-state index in [2.05, 4.69) is 16.0 Å². The lowest BCUT2D eigenvalue weighted by atomic mass is 10.1. The summed E-state index contributed by atoms with van der Waals surface area (Å²) in [6.07, 6.45) is 1.71. The van der Waals surface area contributed by atoms with E-state index in [9.17, 15) is 18.0 Å². The fraction of sp³-hybridized carbons (Fsp3) is 0.391. The van der Waals surface area contributed by atoms with Crippen LogP contribution in [0.3, 0.4) is 0 Å². The molecule has 2 amide bonds. The minimum atomic E-state index is -3.53. The number of amides is 2. The fourth-order valence-electron chi connectivity index (χ4n) is 2.93. The third-order valence-electron chi connectivity index (χ3n) is 5.17. The van der Waals surface area contributed by atoms with Crippen LogP contribution in [0.15, 0.2) is 47.4 Å². The molecule has 0 aliphatic rings. The summed E-state index contributed by atoms with van der Waals surface area (Å²) in [5.74, 6) is -0.661. The van der Waals surface area contributed by atoms with Gasteiger partial charge in [0.1, 0.15) is 0 Å². The van der Waals surface area contributed by atoms with Crippen LogP contribution in [-0.2, 0) is 19.6 Å². The average molecular weight is 461 g/mol. The second-order valence-electron chi connectivity index (χ2n) is 7.63. The Kier molecular flexibility index (Phi) is 9.22. The van der Waals surface area contributed by atoms with Gasteiger partial charge in [-0.05, 0) is 61.7 Å². The van der Waals surface area contributed by atoms with E-state index in [4.69, 9.17) is 0 Å². The molecule has 0 radical (unpaired) electrons. The number of nitrogens with zero attached hydrogens (tertiary/aromatic N) is 1. The molecule has 0 fully saturated rings. The average Bonchev–Trinajstić information content (AvgIpc) is 2.78. The number of unbranched alkanes of at least 4 members (excludes halogenated alkanes) is 1. The summed E-state index contributed by atoms with van der Waals surface area (Å²) in [6.45, 7) is 6.18. The molecule has 0 saturated carbocycles. The third-order valence-corrected chi connectivity index (χ3v) is 7.04. The molecule has 3 N–H and O–H groups in total. The van der Waals surface area contributed by atoms with E-state index >= 15 is 0 Å². The molecule has 0 bridgehead atoms. The van der Waals surface area contributed by atoms with Crippen molar-refractivity contribution in [1.82, 2.24) is 9.62 Å². The number of sulfonamides is 1. The van der Waals surface area contributed by atoms with E-state index in [1.54, 1.807) is 19.2 Å². The molecular weight excluding hydrogens is 428 g/mol. The third kappa shape index (κ3) is 7.06. The van der Waals surface area contributed by atoms with Crippen molar-refractivity contribution in [1.29, 1.82) is 0 Å². The first-order valence-electron chi connectivity index (χ1n) is 10.6. The first-order valence-corrected chi connectivity index (χ1v) is 12.0. The predicted octanol–water partition coefficient (Wildman–Crippen LogP) is 2.89. The van der Waals surface area contributed by atoms with Crippen molar-refractivity contribution in [2.45, 2.75) is 38.5 Å². The second-order valence-corrected chi connectivity index (χ2v) is 9.68. The molecule has 2 aromatic carbocycles. The van der Waals surface area contributed by atoms with Gasteiger partial charge in [-0.3, -0.25) is 9.59 Å². The molecule has 0 aromatic heterocycles. The molecule has 0 aliphatic heterocycles. The summed E-state index contributed by atoms with van der Waals surface area (Å²) in [5.41, 5.74) is 3.38. The van der Waals surface area contributed by atoms with Gasteiger partial charge in [0.05, 0.1) is 18.0 Å². The van der Waals surface area contributed by atoms with E-state index < -0.39 is 10.0 Å². The summed E-state index contributed by atoms with van der Waals surface area (Å²) in [6, 6.07) is 11.9. The minimum Gasteiger partial charge on any atom is -0.376 e. The molecule has 174 valence electrons. The number of carbonyl (C=O) groups is 2. The normalized spacial score (nSPS) is 11.3. The first kappa shape index (κ1) is 25.4. The molecule has 8 nitrogen and oxygen atoms in total. The van der Waals surface area contributed by atoms with Gasteiger partial charge in [-0.2, -0.15) is 0 Å². The first-order chi connectivity index (χ1) is 15.1. The van der Waals surface area contributed by atoms with Crippen molar-refractivity contribution in [3.63, 3.8) is 0 Å². The molecule has 0 heterocycles. The Balaban J connectivity index is 1.81. The molecule has 0 unspecified atom stereocenters. The van der Waals surface area contributed by atoms with Crippen LogP contribution < -0.4 is 16.0 Å². The molecule has 0 atom stereocenters. The standard InChI is InChI=1S/C23H32N4O4S/c1-5-6-14-27(4)32(30,31)20-12-10-19(11-13-20)24-15-22(28)25-16-23(29)26-21-9-7-8-17(2)18(21)3/h7-13,24H,5-6,14-16H2,1-4H3,(H,25,28)(H,26,29). The number of anilines is 2. The van der Waals surface area contributed by atoms with Crippen molar-refractivity contribution in [2.24, 2.45) is 0 Å². The van der Waals surface area contributed by atoms with Crippen LogP contribution in [0.2, 0.25) is 0 Å². The Bertz CT molecular complexity index is 1040. The Labute approximate surface area is 190 Å². The SMILES string of the molecule is CCCCN(C)S(=O)(=O)c1ccc(NCC(=O)NCC(=O)Nc2cccc(C)c2C)cc1. The Morgan fingerprint density at radius 1 is 0.969 bits per heavy atom. The summed E-state index contributed by atoms with van der Waals surface area (Å²) in [5, 5.41) is 8.27. The van der Waals surface area contributed by atoms with Crippen molar-refractivity contribution >= 4 is 33.2 Å². The number of hydrogen-bond acceptors (Lipinski definition) is 5. The van der Waals surface area contributed by atoms with Crippen molar-refractivity contribution in [2.75, 3.05) is 37.3 Å². The van der Waals surface area contributed by atoms with Crippen LogP contribution in [0.25, 0.3) is 0 Å². The molecule has 0 saturated heterocycles. The predicted molar refractivity (Wildman–Crippen MR) is 127 cm³/mol. The zero-order valence-corrected chi connectivity index (χ0v) is 19.9. The van der Waals surface area contributed by atoms with E-state index in [0.29, 0.717) is 12.2 Å². The van der Waals surface area contributed by atoms with Gasteiger partial charge in [-0.25, -0.2) is 12.7 Å². The van der Waals surface area contributed by atoms with Gasteiger partial charge in [0.15, 0.2) is 0 Å². The van der Waals surface area contributed by atoms with Crippen LogP contribution in [0.1, 0.15) is 30.9 Å². The molecule has 2 rings (SSSR count). The number of aryl methyl sites for hydroxylation is 1. The van der Waals surface area contributed by atoms with Crippen molar-refractivity contribution < 1.29 is 18.0 Å². The summed E-state index contributed by atoms with van der Waals surface area (Å²) in [4.78, 5) is 24.4.